The summed E-state index contributed by atoms with van der Waals surface area (Å²) in [5.41, 5.74) is -0.168. The van der Waals surface area contributed by atoms with Gasteiger partial charge in [0.1, 0.15) is 0 Å². The van der Waals surface area contributed by atoms with Gasteiger partial charge in [-0.1, -0.05) is 13.0 Å². The molecule has 0 radical (unpaired) electrons. The Balaban J connectivity index is 2.36. The SMILES string of the molecule is C=C[C@H]1[C@@](C)(CO)[C@@H]2CC[C@@]1(C)O2. The molecule has 0 aromatic heterocycles. The van der Waals surface area contributed by atoms with Crippen molar-refractivity contribution in [1.82, 2.24) is 0 Å². The third-order valence-electron chi connectivity index (χ3n) is 3.99. The molecule has 2 rings (SSSR count). The van der Waals surface area contributed by atoms with Crippen molar-refractivity contribution in [2.24, 2.45) is 11.3 Å². The molecule has 1 N–H and O–H groups in total. The maximum absolute atomic E-state index is 9.44. The lowest BCUT2D eigenvalue weighted by molar-refractivity contribution is 0.00533. The predicted molar refractivity (Wildman–Crippen MR) is 51.4 cm³/mol. The van der Waals surface area contributed by atoms with Gasteiger partial charge in [-0.15, -0.1) is 6.58 Å². The lowest BCUT2D eigenvalue weighted by Crippen LogP contribution is -2.43. The Morgan fingerprint density at radius 3 is 2.77 bits per heavy atom. The van der Waals surface area contributed by atoms with Crippen LogP contribution in [0.5, 0.6) is 0 Å². The van der Waals surface area contributed by atoms with Crippen molar-refractivity contribution in [2.45, 2.75) is 38.4 Å². The van der Waals surface area contributed by atoms with Crippen LogP contribution in [0.15, 0.2) is 12.7 Å². The van der Waals surface area contributed by atoms with Gasteiger partial charge in [-0.25, -0.2) is 0 Å². The fraction of sp³-hybridized carbons (Fsp3) is 0.818. The average Bonchev–Trinajstić information content (AvgIpc) is 2.57. The summed E-state index contributed by atoms with van der Waals surface area (Å²) in [5, 5.41) is 9.44. The molecule has 0 aliphatic carbocycles. The highest BCUT2D eigenvalue weighted by Gasteiger charge is 2.61. The fourth-order valence-electron chi connectivity index (χ4n) is 3.17. The standard InChI is InChI=1S/C11H18O2/c1-4-8-10(2,7-12)9-5-6-11(8,3)13-9/h4,8-9,12H,1,5-7H2,2-3H3/t8-,9-,10+,11+/m0/s1. The van der Waals surface area contributed by atoms with Crippen LogP contribution in [0.3, 0.4) is 0 Å². The highest BCUT2D eigenvalue weighted by atomic mass is 16.5. The summed E-state index contributed by atoms with van der Waals surface area (Å²) in [6.45, 7) is 8.30. The van der Waals surface area contributed by atoms with Crippen molar-refractivity contribution in [3.63, 3.8) is 0 Å². The van der Waals surface area contributed by atoms with Gasteiger partial charge in [-0.3, -0.25) is 0 Å². The third-order valence-corrected chi connectivity index (χ3v) is 3.99. The highest BCUT2D eigenvalue weighted by molar-refractivity contribution is 5.15. The summed E-state index contributed by atoms with van der Waals surface area (Å²) < 4.78 is 5.94. The van der Waals surface area contributed by atoms with Gasteiger partial charge in [0.2, 0.25) is 0 Å². The number of fused-ring (bicyclic) bond motifs is 2. The zero-order chi connectivity index (χ0) is 9.69. The normalized spacial score (nSPS) is 54.1. The quantitative estimate of drug-likeness (QED) is 0.659. The molecule has 0 aromatic carbocycles. The minimum Gasteiger partial charge on any atom is -0.396 e. The first-order valence-electron chi connectivity index (χ1n) is 4.98. The van der Waals surface area contributed by atoms with Crippen LogP contribution in [-0.2, 0) is 4.74 Å². The highest BCUT2D eigenvalue weighted by Crippen LogP contribution is 2.57. The molecule has 2 heteroatoms. The van der Waals surface area contributed by atoms with Gasteiger partial charge in [0, 0.05) is 11.3 Å². The number of aliphatic hydroxyl groups excluding tert-OH is 1. The first-order chi connectivity index (χ1) is 6.07. The minimum atomic E-state index is -0.102. The maximum Gasteiger partial charge on any atom is 0.0728 e. The van der Waals surface area contributed by atoms with Crippen LogP contribution in [0.4, 0.5) is 0 Å². The molecule has 4 atom stereocenters. The maximum atomic E-state index is 9.44. The summed E-state index contributed by atoms with van der Waals surface area (Å²) in [4.78, 5) is 0. The lowest BCUT2D eigenvalue weighted by atomic mass is 9.63. The van der Waals surface area contributed by atoms with E-state index in [-0.39, 0.29) is 23.7 Å². The predicted octanol–water partition coefficient (Wildman–Crippen LogP) is 1.74. The first kappa shape index (κ1) is 9.22. The minimum absolute atomic E-state index is 0.0656. The van der Waals surface area contributed by atoms with E-state index in [1.807, 2.05) is 6.08 Å². The molecule has 2 saturated heterocycles. The van der Waals surface area contributed by atoms with E-state index in [1.165, 1.54) is 0 Å². The Kier molecular flexibility index (Phi) is 1.83. The zero-order valence-electron chi connectivity index (χ0n) is 8.42. The second kappa shape index (κ2) is 2.58. The largest absolute Gasteiger partial charge is 0.396 e. The lowest BCUT2D eigenvalue weighted by Gasteiger charge is -2.38. The van der Waals surface area contributed by atoms with Gasteiger partial charge in [0.05, 0.1) is 18.3 Å². The monoisotopic (exact) mass is 182 g/mol. The van der Waals surface area contributed by atoms with Crippen molar-refractivity contribution in [3.8, 4) is 0 Å². The Labute approximate surface area is 79.6 Å². The van der Waals surface area contributed by atoms with Crippen LogP contribution in [0, 0.1) is 11.3 Å². The second-order valence-corrected chi connectivity index (χ2v) is 4.84. The van der Waals surface area contributed by atoms with Crippen molar-refractivity contribution in [1.29, 1.82) is 0 Å². The Morgan fingerprint density at radius 1 is 1.62 bits per heavy atom. The second-order valence-electron chi connectivity index (χ2n) is 4.84. The fourth-order valence-corrected chi connectivity index (χ4v) is 3.17. The van der Waals surface area contributed by atoms with E-state index in [0.717, 1.165) is 12.8 Å². The van der Waals surface area contributed by atoms with Crippen LogP contribution in [0.1, 0.15) is 26.7 Å². The molecule has 2 aliphatic heterocycles. The van der Waals surface area contributed by atoms with Gasteiger partial charge in [0.15, 0.2) is 0 Å². The van der Waals surface area contributed by atoms with Crippen LogP contribution < -0.4 is 0 Å². The number of ether oxygens (including phenoxy) is 1. The summed E-state index contributed by atoms with van der Waals surface area (Å²) in [6.07, 6.45) is 4.36. The van der Waals surface area contributed by atoms with E-state index in [1.54, 1.807) is 0 Å². The van der Waals surface area contributed by atoms with Gasteiger partial charge in [0.25, 0.3) is 0 Å². The molecule has 2 heterocycles. The van der Waals surface area contributed by atoms with E-state index >= 15 is 0 Å². The molecule has 0 saturated carbocycles. The summed E-state index contributed by atoms with van der Waals surface area (Å²) in [6, 6.07) is 0. The van der Waals surface area contributed by atoms with Gasteiger partial charge in [-0.05, 0) is 19.8 Å². The van der Waals surface area contributed by atoms with E-state index < -0.39 is 0 Å². The molecular formula is C11H18O2. The zero-order valence-corrected chi connectivity index (χ0v) is 8.42. The molecule has 13 heavy (non-hydrogen) atoms. The van der Waals surface area contributed by atoms with Gasteiger partial charge >= 0.3 is 0 Å². The van der Waals surface area contributed by atoms with Crippen LogP contribution >= 0.6 is 0 Å². The van der Waals surface area contributed by atoms with Gasteiger partial charge < -0.3 is 9.84 Å². The molecule has 2 bridgehead atoms. The molecule has 0 amide bonds. The molecule has 2 fully saturated rings. The Bertz CT molecular complexity index is 238. The van der Waals surface area contributed by atoms with Gasteiger partial charge in [-0.2, -0.15) is 0 Å². The van der Waals surface area contributed by atoms with Crippen molar-refractivity contribution in [2.75, 3.05) is 6.61 Å². The van der Waals surface area contributed by atoms with Crippen LogP contribution in [-0.4, -0.2) is 23.4 Å². The summed E-state index contributed by atoms with van der Waals surface area (Å²) in [5.74, 6) is 0.295. The first-order valence-corrected chi connectivity index (χ1v) is 4.98. The molecule has 0 spiro atoms. The number of aliphatic hydroxyl groups is 1. The Morgan fingerprint density at radius 2 is 2.31 bits per heavy atom. The van der Waals surface area contributed by atoms with Crippen molar-refractivity contribution >= 4 is 0 Å². The number of rotatable bonds is 2. The Hall–Kier alpha value is -0.340. The van der Waals surface area contributed by atoms with Crippen molar-refractivity contribution in [3.05, 3.63) is 12.7 Å². The molecule has 74 valence electrons. The summed E-state index contributed by atoms with van der Waals surface area (Å²) in [7, 11) is 0. The molecule has 2 nitrogen and oxygen atoms in total. The van der Waals surface area contributed by atoms with E-state index in [2.05, 4.69) is 20.4 Å². The van der Waals surface area contributed by atoms with Crippen molar-refractivity contribution < 1.29 is 9.84 Å². The van der Waals surface area contributed by atoms with E-state index in [9.17, 15) is 5.11 Å². The molecule has 2 aliphatic rings. The average molecular weight is 182 g/mol. The topological polar surface area (TPSA) is 29.5 Å². The van der Waals surface area contributed by atoms with E-state index in [4.69, 9.17) is 4.74 Å². The molecule has 0 unspecified atom stereocenters. The molecule has 0 aromatic rings. The van der Waals surface area contributed by atoms with Crippen LogP contribution in [0.25, 0.3) is 0 Å². The number of hydrogen-bond donors (Lipinski definition) is 1. The van der Waals surface area contributed by atoms with E-state index in [0.29, 0.717) is 5.92 Å². The molecular weight excluding hydrogens is 164 g/mol. The van der Waals surface area contributed by atoms with Crippen LogP contribution in [0.2, 0.25) is 0 Å². The number of hydrogen-bond acceptors (Lipinski definition) is 2. The smallest absolute Gasteiger partial charge is 0.0728 e. The third kappa shape index (κ3) is 0.960. The summed E-state index contributed by atoms with van der Waals surface area (Å²) >= 11 is 0.